The van der Waals surface area contributed by atoms with E-state index in [9.17, 15) is 0 Å². The number of anilines is 1. The maximum atomic E-state index is 6.27. The standard InChI is InChI=1S/C15H18ClN3O/c1-4-8-17-13-9-10(2)18-15(19-13)14-11(16)6-5-7-12(14)20-3/h5-7,9H,4,8H2,1-3H3,(H,17,18,19). The number of ether oxygens (including phenoxy) is 1. The van der Waals surface area contributed by atoms with Gasteiger partial charge in [0.05, 0.1) is 17.7 Å². The molecule has 0 aliphatic heterocycles. The lowest BCUT2D eigenvalue weighted by Gasteiger charge is -2.11. The van der Waals surface area contributed by atoms with Crippen molar-refractivity contribution in [3.63, 3.8) is 0 Å². The molecule has 1 aromatic carbocycles. The first-order valence-electron chi connectivity index (χ1n) is 6.58. The van der Waals surface area contributed by atoms with Gasteiger partial charge in [-0.1, -0.05) is 24.6 Å². The van der Waals surface area contributed by atoms with Crippen molar-refractivity contribution in [2.45, 2.75) is 20.3 Å². The zero-order valence-electron chi connectivity index (χ0n) is 11.9. The number of nitrogens with one attached hydrogen (secondary N) is 1. The number of benzene rings is 1. The van der Waals surface area contributed by atoms with Crippen LogP contribution in [0, 0.1) is 6.92 Å². The van der Waals surface area contributed by atoms with Crippen LogP contribution in [0.1, 0.15) is 19.0 Å². The van der Waals surface area contributed by atoms with Crippen molar-refractivity contribution in [1.82, 2.24) is 9.97 Å². The molecule has 0 saturated heterocycles. The van der Waals surface area contributed by atoms with Crippen molar-refractivity contribution < 1.29 is 4.74 Å². The minimum absolute atomic E-state index is 0.575. The number of hydrogen-bond acceptors (Lipinski definition) is 4. The Hall–Kier alpha value is -1.81. The highest BCUT2D eigenvalue weighted by Gasteiger charge is 2.14. The molecule has 0 saturated carbocycles. The Morgan fingerprint density at radius 3 is 2.80 bits per heavy atom. The molecule has 0 radical (unpaired) electrons. The van der Waals surface area contributed by atoms with E-state index in [0.717, 1.165) is 30.0 Å². The Morgan fingerprint density at radius 2 is 2.10 bits per heavy atom. The fourth-order valence-corrected chi connectivity index (χ4v) is 2.17. The highest BCUT2D eigenvalue weighted by molar-refractivity contribution is 6.33. The first kappa shape index (κ1) is 14.6. The molecule has 0 spiro atoms. The quantitative estimate of drug-likeness (QED) is 0.906. The maximum Gasteiger partial charge on any atom is 0.167 e. The molecule has 2 aromatic rings. The largest absolute Gasteiger partial charge is 0.496 e. The molecule has 20 heavy (non-hydrogen) atoms. The summed E-state index contributed by atoms with van der Waals surface area (Å²) in [6.07, 6.45) is 1.04. The zero-order valence-corrected chi connectivity index (χ0v) is 12.7. The van der Waals surface area contributed by atoms with Crippen molar-refractivity contribution in [2.24, 2.45) is 0 Å². The van der Waals surface area contributed by atoms with Gasteiger partial charge in [-0.3, -0.25) is 0 Å². The van der Waals surface area contributed by atoms with E-state index in [0.29, 0.717) is 16.6 Å². The summed E-state index contributed by atoms with van der Waals surface area (Å²) in [7, 11) is 1.61. The number of aryl methyl sites for hydroxylation is 1. The molecule has 0 bridgehead atoms. The van der Waals surface area contributed by atoms with Crippen molar-refractivity contribution >= 4 is 17.4 Å². The van der Waals surface area contributed by atoms with Crippen LogP contribution in [0.25, 0.3) is 11.4 Å². The summed E-state index contributed by atoms with van der Waals surface area (Å²) in [5.74, 6) is 2.05. The molecule has 2 rings (SSSR count). The van der Waals surface area contributed by atoms with E-state index < -0.39 is 0 Å². The summed E-state index contributed by atoms with van der Waals surface area (Å²) in [6, 6.07) is 7.43. The molecular formula is C15H18ClN3O. The Bertz CT molecular complexity index is 602. The van der Waals surface area contributed by atoms with Gasteiger partial charge >= 0.3 is 0 Å². The summed E-state index contributed by atoms with van der Waals surface area (Å²) < 4.78 is 5.36. The summed E-state index contributed by atoms with van der Waals surface area (Å²) in [6.45, 7) is 4.92. The summed E-state index contributed by atoms with van der Waals surface area (Å²) in [5.41, 5.74) is 1.61. The van der Waals surface area contributed by atoms with Crippen LogP contribution in [0.4, 0.5) is 5.82 Å². The van der Waals surface area contributed by atoms with E-state index in [1.807, 2.05) is 31.2 Å². The van der Waals surface area contributed by atoms with Gasteiger partial charge in [-0.2, -0.15) is 0 Å². The van der Waals surface area contributed by atoms with Crippen molar-refractivity contribution in [3.05, 3.63) is 35.0 Å². The molecule has 5 heteroatoms. The predicted molar refractivity (Wildman–Crippen MR) is 82.5 cm³/mol. The van der Waals surface area contributed by atoms with Crippen molar-refractivity contribution in [1.29, 1.82) is 0 Å². The summed E-state index contributed by atoms with van der Waals surface area (Å²) >= 11 is 6.27. The highest BCUT2D eigenvalue weighted by Crippen LogP contribution is 2.34. The molecular weight excluding hydrogens is 274 g/mol. The molecule has 0 atom stereocenters. The smallest absolute Gasteiger partial charge is 0.167 e. The molecule has 0 fully saturated rings. The predicted octanol–water partition coefficient (Wildman–Crippen LogP) is 3.94. The molecule has 0 amide bonds. The summed E-state index contributed by atoms with van der Waals surface area (Å²) in [5, 5.41) is 3.85. The van der Waals surface area contributed by atoms with Crippen LogP contribution in [0.3, 0.4) is 0 Å². The lowest BCUT2D eigenvalue weighted by atomic mass is 10.2. The number of hydrogen-bond donors (Lipinski definition) is 1. The van der Waals surface area contributed by atoms with Gasteiger partial charge in [0.2, 0.25) is 0 Å². The second-order valence-corrected chi connectivity index (χ2v) is 4.87. The van der Waals surface area contributed by atoms with Crippen molar-refractivity contribution in [2.75, 3.05) is 19.0 Å². The second kappa shape index (κ2) is 6.57. The average molecular weight is 292 g/mol. The van der Waals surface area contributed by atoms with Gasteiger partial charge in [0.25, 0.3) is 0 Å². The van der Waals surface area contributed by atoms with E-state index in [4.69, 9.17) is 16.3 Å². The lowest BCUT2D eigenvalue weighted by Crippen LogP contribution is -2.05. The normalized spacial score (nSPS) is 10.4. The van der Waals surface area contributed by atoms with Gasteiger partial charge in [0, 0.05) is 18.3 Å². The fourth-order valence-electron chi connectivity index (χ4n) is 1.92. The molecule has 1 heterocycles. The van der Waals surface area contributed by atoms with Gasteiger partial charge in [-0.05, 0) is 25.5 Å². The second-order valence-electron chi connectivity index (χ2n) is 4.46. The van der Waals surface area contributed by atoms with Gasteiger partial charge in [-0.15, -0.1) is 0 Å². The molecule has 1 N–H and O–H groups in total. The Balaban J connectivity index is 2.49. The van der Waals surface area contributed by atoms with Gasteiger partial charge in [0.1, 0.15) is 11.6 Å². The van der Waals surface area contributed by atoms with Crippen LogP contribution in [-0.4, -0.2) is 23.6 Å². The number of rotatable bonds is 5. The van der Waals surface area contributed by atoms with Crippen LogP contribution in [0.2, 0.25) is 5.02 Å². The number of aromatic nitrogens is 2. The van der Waals surface area contributed by atoms with E-state index >= 15 is 0 Å². The average Bonchev–Trinajstić information content (AvgIpc) is 2.44. The Labute approximate surface area is 124 Å². The molecule has 0 unspecified atom stereocenters. The van der Waals surface area contributed by atoms with Gasteiger partial charge in [0.15, 0.2) is 5.82 Å². The van der Waals surface area contributed by atoms with E-state index in [1.165, 1.54) is 0 Å². The molecule has 0 aliphatic rings. The molecule has 1 aromatic heterocycles. The minimum atomic E-state index is 0.575. The van der Waals surface area contributed by atoms with Gasteiger partial charge < -0.3 is 10.1 Å². The number of nitrogens with zero attached hydrogens (tertiary/aromatic N) is 2. The Morgan fingerprint density at radius 1 is 1.30 bits per heavy atom. The fraction of sp³-hybridized carbons (Fsp3) is 0.333. The number of halogens is 1. The Kier molecular flexibility index (Phi) is 4.79. The highest BCUT2D eigenvalue weighted by atomic mass is 35.5. The zero-order chi connectivity index (χ0) is 14.5. The van der Waals surface area contributed by atoms with Crippen molar-refractivity contribution in [3.8, 4) is 17.1 Å². The monoisotopic (exact) mass is 291 g/mol. The van der Waals surface area contributed by atoms with E-state index in [1.54, 1.807) is 7.11 Å². The number of methoxy groups -OCH3 is 1. The topological polar surface area (TPSA) is 47.0 Å². The first-order chi connectivity index (χ1) is 9.65. The van der Waals surface area contributed by atoms with E-state index in [-0.39, 0.29) is 0 Å². The minimum Gasteiger partial charge on any atom is -0.496 e. The van der Waals surface area contributed by atoms with E-state index in [2.05, 4.69) is 22.2 Å². The third-order valence-corrected chi connectivity index (χ3v) is 3.14. The first-order valence-corrected chi connectivity index (χ1v) is 6.96. The van der Waals surface area contributed by atoms with Crippen LogP contribution in [0.5, 0.6) is 5.75 Å². The summed E-state index contributed by atoms with van der Waals surface area (Å²) in [4.78, 5) is 8.99. The molecule has 106 valence electrons. The lowest BCUT2D eigenvalue weighted by molar-refractivity contribution is 0.416. The molecule has 0 aliphatic carbocycles. The third-order valence-electron chi connectivity index (χ3n) is 2.83. The van der Waals surface area contributed by atoms with Crippen LogP contribution in [-0.2, 0) is 0 Å². The van der Waals surface area contributed by atoms with Gasteiger partial charge in [-0.25, -0.2) is 9.97 Å². The van der Waals surface area contributed by atoms with Crippen LogP contribution >= 0.6 is 11.6 Å². The SMILES string of the molecule is CCCNc1cc(C)nc(-c2c(Cl)cccc2OC)n1. The maximum absolute atomic E-state index is 6.27. The molecule has 4 nitrogen and oxygen atoms in total. The van der Waals surface area contributed by atoms with Crippen LogP contribution in [0.15, 0.2) is 24.3 Å². The van der Waals surface area contributed by atoms with Crippen LogP contribution < -0.4 is 10.1 Å². The third kappa shape index (κ3) is 3.20.